The van der Waals surface area contributed by atoms with E-state index in [0.717, 1.165) is 11.1 Å². The molecule has 206 valence electrons. The first-order valence-electron chi connectivity index (χ1n) is 12.5. The van der Waals surface area contributed by atoms with Crippen molar-refractivity contribution in [3.63, 3.8) is 0 Å². The van der Waals surface area contributed by atoms with Crippen LogP contribution in [0, 0.1) is 0 Å². The first kappa shape index (κ1) is 29.1. The summed E-state index contributed by atoms with van der Waals surface area (Å²) < 4.78 is 10.5. The monoisotopic (exact) mass is 533 g/mol. The summed E-state index contributed by atoms with van der Waals surface area (Å²) >= 11 is 0. The van der Waals surface area contributed by atoms with Crippen LogP contribution in [-0.4, -0.2) is 65.9 Å². The second kappa shape index (κ2) is 12.9. The van der Waals surface area contributed by atoms with Crippen LogP contribution in [0.25, 0.3) is 22.6 Å². The number of anilines is 1. The quantitative estimate of drug-likeness (QED) is 0.405. The molecule has 0 saturated heterocycles. The summed E-state index contributed by atoms with van der Waals surface area (Å²) in [5.74, 6) is 1.18. The Labute approximate surface area is 228 Å². The van der Waals surface area contributed by atoms with Crippen LogP contribution in [0.1, 0.15) is 33.6 Å². The number of likely N-dealkylation sites (N-methyl/N-ethyl adjacent to an activating group) is 1. The first-order valence-corrected chi connectivity index (χ1v) is 12.5. The molecule has 10 heteroatoms. The highest BCUT2D eigenvalue weighted by atomic mass is 16.5. The fourth-order valence-corrected chi connectivity index (χ4v) is 3.67. The fourth-order valence-electron chi connectivity index (χ4n) is 3.67. The Morgan fingerprint density at radius 3 is 1.92 bits per heavy atom. The molecule has 1 heterocycles. The zero-order valence-electron chi connectivity index (χ0n) is 23.2. The lowest BCUT2D eigenvalue weighted by molar-refractivity contribution is -0.136. The lowest BCUT2D eigenvalue weighted by atomic mass is 10.1. The number of rotatable bonds is 10. The van der Waals surface area contributed by atoms with Crippen LogP contribution in [0.5, 0.6) is 11.5 Å². The third-order valence-corrected chi connectivity index (χ3v) is 5.61. The van der Waals surface area contributed by atoms with Gasteiger partial charge in [0.15, 0.2) is 5.82 Å². The van der Waals surface area contributed by atoms with Gasteiger partial charge >= 0.3 is 0 Å². The van der Waals surface area contributed by atoms with Gasteiger partial charge in [0, 0.05) is 42.6 Å². The van der Waals surface area contributed by atoms with Crippen LogP contribution >= 0.6 is 0 Å². The second-order valence-electron chi connectivity index (χ2n) is 10.0. The number of methoxy groups -OCH3 is 2. The zero-order chi connectivity index (χ0) is 28.6. The molecular weight excluding hydrogens is 498 g/mol. The molecule has 0 bridgehead atoms. The number of aromatic nitrogens is 2. The van der Waals surface area contributed by atoms with Gasteiger partial charge in [0.1, 0.15) is 17.3 Å². The first-order chi connectivity index (χ1) is 18.5. The molecule has 0 aliphatic heterocycles. The number of nitrogens with one attached hydrogen (secondary N) is 2. The van der Waals surface area contributed by atoms with E-state index in [1.807, 2.05) is 57.2 Å². The number of amides is 3. The van der Waals surface area contributed by atoms with E-state index in [-0.39, 0.29) is 37.1 Å². The molecule has 3 rings (SSSR count). The van der Waals surface area contributed by atoms with Crippen molar-refractivity contribution in [2.75, 3.05) is 33.1 Å². The standard InChI is InChI=1S/C29H35N5O5/c1-29(2,3)33-26(36)18-34(4)27(37)16-15-25(35)31-24-17-23(19-7-11-21(38-5)12-8-19)30-28(32-24)20-9-13-22(39-6)14-10-20/h7-14,17H,15-16,18H2,1-6H3,(H,33,36)(H,30,31,32,35). The number of hydrogen-bond donors (Lipinski definition) is 2. The summed E-state index contributed by atoms with van der Waals surface area (Å²) in [5.41, 5.74) is 1.77. The van der Waals surface area contributed by atoms with Gasteiger partial charge in [-0.2, -0.15) is 0 Å². The minimum Gasteiger partial charge on any atom is -0.497 e. The van der Waals surface area contributed by atoms with Gasteiger partial charge in [-0.3, -0.25) is 14.4 Å². The van der Waals surface area contributed by atoms with Gasteiger partial charge in [0.2, 0.25) is 17.7 Å². The van der Waals surface area contributed by atoms with Crippen molar-refractivity contribution in [3.05, 3.63) is 54.6 Å². The van der Waals surface area contributed by atoms with Gasteiger partial charge in [0.05, 0.1) is 26.5 Å². The highest BCUT2D eigenvalue weighted by Gasteiger charge is 2.19. The maximum absolute atomic E-state index is 12.8. The van der Waals surface area contributed by atoms with Crippen molar-refractivity contribution in [1.29, 1.82) is 0 Å². The minimum atomic E-state index is -0.395. The molecule has 2 N–H and O–H groups in total. The van der Waals surface area contributed by atoms with Gasteiger partial charge < -0.3 is 25.0 Å². The number of ether oxygens (including phenoxy) is 2. The molecule has 1 aromatic heterocycles. The summed E-state index contributed by atoms with van der Waals surface area (Å²) in [6.07, 6.45) is -0.114. The highest BCUT2D eigenvalue weighted by molar-refractivity contribution is 5.93. The van der Waals surface area contributed by atoms with Crippen molar-refractivity contribution >= 4 is 23.5 Å². The van der Waals surface area contributed by atoms with Gasteiger partial charge in [0.25, 0.3) is 0 Å². The average molecular weight is 534 g/mol. The molecular formula is C29H35N5O5. The molecule has 2 aromatic carbocycles. The van der Waals surface area contributed by atoms with Crippen LogP contribution in [-0.2, 0) is 14.4 Å². The fraction of sp³-hybridized carbons (Fsp3) is 0.345. The van der Waals surface area contributed by atoms with E-state index in [1.165, 1.54) is 11.9 Å². The van der Waals surface area contributed by atoms with E-state index in [1.54, 1.807) is 32.4 Å². The van der Waals surface area contributed by atoms with E-state index in [9.17, 15) is 14.4 Å². The Balaban J connectivity index is 1.74. The summed E-state index contributed by atoms with van der Waals surface area (Å²) in [6.45, 7) is 5.51. The molecule has 10 nitrogen and oxygen atoms in total. The average Bonchev–Trinajstić information content (AvgIpc) is 2.90. The molecule has 0 spiro atoms. The number of benzene rings is 2. The van der Waals surface area contributed by atoms with Crippen molar-refractivity contribution < 1.29 is 23.9 Å². The van der Waals surface area contributed by atoms with Crippen LogP contribution in [0.2, 0.25) is 0 Å². The van der Waals surface area contributed by atoms with Gasteiger partial charge in [-0.1, -0.05) is 0 Å². The summed E-state index contributed by atoms with van der Waals surface area (Å²) in [7, 11) is 4.72. The minimum absolute atomic E-state index is 0.0487. The Bertz CT molecular complexity index is 1240. The van der Waals surface area contributed by atoms with E-state index in [4.69, 9.17) is 14.5 Å². The molecule has 3 aromatic rings. The largest absolute Gasteiger partial charge is 0.497 e. The van der Waals surface area contributed by atoms with Crippen LogP contribution < -0.4 is 20.1 Å². The predicted octanol–water partition coefficient (Wildman–Crippen LogP) is 3.92. The molecule has 39 heavy (non-hydrogen) atoms. The number of carbonyl (C=O) groups is 3. The molecule has 0 aliphatic carbocycles. The molecule has 0 atom stereocenters. The van der Waals surface area contributed by atoms with E-state index in [2.05, 4.69) is 15.6 Å². The Kier molecular flexibility index (Phi) is 9.59. The molecule has 0 unspecified atom stereocenters. The Hall–Kier alpha value is -4.47. The van der Waals surface area contributed by atoms with Gasteiger partial charge in [-0.05, 0) is 69.3 Å². The van der Waals surface area contributed by atoms with Crippen LogP contribution in [0.3, 0.4) is 0 Å². The SMILES string of the molecule is COc1ccc(-c2cc(NC(=O)CCC(=O)N(C)CC(=O)NC(C)(C)C)nc(-c3ccc(OC)cc3)n2)cc1. The highest BCUT2D eigenvalue weighted by Crippen LogP contribution is 2.27. The normalized spacial score (nSPS) is 10.9. The lowest BCUT2D eigenvalue weighted by Crippen LogP contribution is -2.46. The second-order valence-corrected chi connectivity index (χ2v) is 10.0. The van der Waals surface area contributed by atoms with E-state index >= 15 is 0 Å². The summed E-state index contributed by atoms with van der Waals surface area (Å²) in [5, 5.41) is 5.60. The molecule has 0 saturated carbocycles. The topological polar surface area (TPSA) is 123 Å². The van der Waals surface area contributed by atoms with Crippen molar-refractivity contribution in [2.45, 2.75) is 39.2 Å². The number of carbonyl (C=O) groups excluding carboxylic acids is 3. The molecule has 3 amide bonds. The summed E-state index contributed by atoms with van der Waals surface area (Å²) in [6, 6.07) is 16.4. The third kappa shape index (κ3) is 8.80. The Morgan fingerprint density at radius 1 is 0.821 bits per heavy atom. The lowest BCUT2D eigenvalue weighted by Gasteiger charge is -2.23. The zero-order valence-corrected chi connectivity index (χ0v) is 23.2. The van der Waals surface area contributed by atoms with Gasteiger partial charge in [-0.25, -0.2) is 9.97 Å². The number of hydrogen-bond acceptors (Lipinski definition) is 7. The maximum Gasteiger partial charge on any atom is 0.240 e. The summed E-state index contributed by atoms with van der Waals surface area (Å²) in [4.78, 5) is 47.9. The van der Waals surface area contributed by atoms with E-state index in [0.29, 0.717) is 28.8 Å². The van der Waals surface area contributed by atoms with Crippen molar-refractivity contribution in [2.24, 2.45) is 0 Å². The van der Waals surface area contributed by atoms with E-state index < -0.39 is 5.54 Å². The van der Waals surface area contributed by atoms with Crippen LogP contribution in [0.4, 0.5) is 5.82 Å². The van der Waals surface area contributed by atoms with Crippen molar-refractivity contribution in [1.82, 2.24) is 20.2 Å². The van der Waals surface area contributed by atoms with Gasteiger partial charge in [-0.15, -0.1) is 0 Å². The maximum atomic E-state index is 12.8. The third-order valence-electron chi connectivity index (χ3n) is 5.61. The predicted molar refractivity (Wildman–Crippen MR) is 149 cm³/mol. The molecule has 0 aliphatic rings. The molecule has 0 fully saturated rings. The van der Waals surface area contributed by atoms with Crippen LogP contribution in [0.15, 0.2) is 54.6 Å². The molecule has 0 radical (unpaired) electrons. The smallest absolute Gasteiger partial charge is 0.240 e. The number of nitrogens with zero attached hydrogens (tertiary/aromatic N) is 3. The van der Waals surface area contributed by atoms with Crippen molar-refractivity contribution in [3.8, 4) is 34.1 Å². The Morgan fingerprint density at radius 2 is 1.38 bits per heavy atom.